The Morgan fingerprint density at radius 1 is 1.53 bits per heavy atom. The number of hydrogen-bond acceptors (Lipinski definition) is 3. The van der Waals surface area contributed by atoms with Crippen molar-refractivity contribution in [2.24, 2.45) is 5.92 Å². The zero-order valence-electron chi connectivity index (χ0n) is 11.2. The molecule has 1 aromatic carbocycles. The van der Waals surface area contributed by atoms with Crippen LogP contribution in [0, 0.1) is 5.92 Å². The molecule has 0 aliphatic heterocycles. The van der Waals surface area contributed by atoms with Crippen molar-refractivity contribution in [2.75, 3.05) is 12.8 Å². The van der Waals surface area contributed by atoms with E-state index in [1.54, 1.807) is 17.0 Å². The second kappa shape index (κ2) is 4.26. The maximum Gasteiger partial charge on any atom is 0.274 e. The molecule has 2 aromatic rings. The van der Waals surface area contributed by atoms with Crippen molar-refractivity contribution in [3.05, 3.63) is 23.9 Å². The lowest BCUT2D eigenvalue weighted by atomic mass is 10.1. The molecule has 100 valence electrons. The molecule has 0 spiro atoms. The van der Waals surface area contributed by atoms with Crippen LogP contribution in [0.5, 0.6) is 0 Å². The Balaban J connectivity index is 1.94. The number of aromatic amines is 1. The number of hydrogen-bond donors (Lipinski definition) is 2. The number of amides is 1. The van der Waals surface area contributed by atoms with E-state index in [1.807, 2.05) is 13.1 Å². The second-order valence-electron chi connectivity index (χ2n) is 5.37. The molecule has 3 rings (SSSR count). The topological polar surface area (TPSA) is 75.0 Å². The quantitative estimate of drug-likeness (QED) is 0.827. The molecule has 19 heavy (non-hydrogen) atoms. The number of aromatic nitrogens is 2. The Hall–Kier alpha value is -2.04. The average molecular weight is 258 g/mol. The van der Waals surface area contributed by atoms with Gasteiger partial charge in [-0.25, -0.2) is 0 Å². The van der Waals surface area contributed by atoms with Gasteiger partial charge in [-0.3, -0.25) is 9.89 Å². The number of fused-ring (bicyclic) bond motifs is 1. The predicted octanol–water partition coefficient (Wildman–Crippen LogP) is 2.02. The van der Waals surface area contributed by atoms with E-state index in [1.165, 1.54) is 12.8 Å². The van der Waals surface area contributed by atoms with Gasteiger partial charge in [0, 0.05) is 24.2 Å². The Labute approximate surface area is 111 Å². The van der Waals surface area contributed by atoms with E-state index in [0.717, 1.165) is 10.9 Å². The summed E-state index contributed by atoms with van der Waals surface area (Å²) in [6.45, 7) is 2.10. The molecule has 1 aliphatic rings. The molecule has 0 bridgehead atoms. The fourth-order valence-corrected chi connectivity index (χ4v) is 2.44. The predicted molar refractivity (Wildman–Crippen MR) is 74.8 cm³/mol. The number of benzene rings is 1. The molecule has 5 nitrogen and oxygen atoms in total. The molecule has 1 saturated carbocycles. The minimum Gasteiger partial charge on any atom is -0.399 e. The first-order chi connectivity index (χ1) is 9.08. The van der Waals surface area contributed by atoms with Gasteiger partial charge >= 0.3 is 0 Å². The van der Waals surface area contributed by atoms with Crippen molar-refractivity contribution in [3.63, 3.8) is 0 Å². The number of nitrogens with one attached hydrogen (secondary N) is 1. The summed E-state index contributed by atoms with van der Waals surface area (Å²) >= 11 is 0. The number of carbonyl (C=O) groups is 1. The standard InChI is InChI=1S/C14H18N4O/c1-8(9-3-4-9)18(2)14(19)13-11-7-10(15)5-6-12(11)16-17-13/h5-9H,3-4,15H2,1-2H3,(H,16,17). The first-order valence-electron chi connectivity index (χ1n) is 6.58. The molecule has 1 fully saturated rings. The monoisotopic (exact) mass is 258 g/mol. The summed E-state index contributed by atoms with van der Waals surface area (Å²) in [5, 5.41) is 7.82. The highest BCUT2D eigenvalue weighted by Crippen LogP contribution is 2.35. The molecular formula is C14H18N4O. The van der Waals surface area contributed by atoms with Crippen LogP contribution in [0.1, 0.15) is 30.3 Å². The maximum atomic E-state index is 12.5. The van der Waals surface area contributed by atoms with Crippen molar-refractivity contribution in [1.29, 1.82) is 0 Å². The summed E-state index contributed by atoms with van der Waals surface area (Å²) in [7, 11) is 1.85. The SMILES string of the molecule is CC(C1CC1)N(C)C(=O)c1n[nH]c2ccc(N)cc12. The van der Waals surface area contributed by atoms with Crippen molar-refractivity contribution in [1.82, 2.24) is 15.1 Å². The molecule has 1 aliphatic carbocycles. The lowest BCUT2D eigenvalue weighted by Crippen LogP contribution is -2.36. The van der Waals surface area contributed by atoms with E-state index >= 15 is 0 Å². The van der Waals surface area contributed by atoms with E-state index in [4.69, 9.17) is 5.73 Å². The van der Waals surface area contributed by atoms with Crippen molar-refractivity contribution >= 4 is 22.5 Å². The smallest absolute Gasteiger partial charge is 0.274 e. The van der Waals surface area contributed by atoms with Gasteiger partial charge in [0.25, 0.3) is 5.91 Å². The van der Waals surface area contributed by atoms with Crippen LogP contribution in [-0.2, 0) is 0 Å². The summed E-state index contributed by atoms with van der Waals surface area (Å²) in [6.07, 6.45) is 2.43. The van der Waals surface area contributed by atoms with Gasteiger partial charge < -0.3 is 10.6 Å². The zero-order chi connectivity index (χ0) is 13.6. The van der Waals surface area contributed by atoms with Gasteiger partial charge in [0.05, 0.1) is 5.52 Å². The van der Waals surface area contributed by atoms with Gasteiger partial charge in [-0.1, -0.05) is 0 Å². The normalized spacial score (nSPS) is 16.5. The van der Waals surface area contributed by atoms with E-state index < -0.39 is 0 Å². The molecule has 1 atom stereocenters. The number of nitrogens with two attached hydrogens (primary N) is 1. The largest absolute Gasteiger partial charge is 0.399 e. The molecule has 1 aromatic heterocycles. The van der Waals surface area contributed by atoms with Crippen LogP contribution in [0.3, 0.4) is 0 Å². The van der Waals surface area contributed by atoms with Crippen molar-refractivity contribution in [2.45, 2.75) is 25.8 Å². The lowest BCUT2D eigenvalue weighted by Gasteiger charge is -2.24. The Morgan fingerprint density at radius 3 is 2.95 bits per heavy atom. The summed E-state index contributed by atoms with van der Waals surface area (Å²) < 4.78 is 0. The fraction of sp³-hybridized carbons (Fsp3) is 0.429. The third-order valence-electron chi connectivity index (χ3n) is 4.02. The van der Waals surface area contributed by atoms with Gasteiger partial charge in [0.15, 0.2) is 5.69 Å². The Morgan fingerprint density at radius 2 is 2.26 bits per heavy atom. The number of anilines is 1. The van der Waals surface area contributed by atoms with E-state index in [-0.39, 0.29) is 11.9 Å². The molecule has 3 N–H and O–H groups in total. The fourth-order valence-electron chi connectivity index (χ4n) is 2.44. The minimum absolute atomic E-state index is 0.0451. The molecule has 1 heterocycles. The average Bonchev–Trinajstić information content (AvgIpc) is 3.17. The van der Waals surface area contributed by atoms with Crippen LogP contribution in [-0.4, -0.2) is 34.1 Å². The number of carbonyl (C=O) groups excluding carboxylic acids is 1. The number of rotatable bonds is 3. The highest BCUT2D eigenvalue weighted by molar-refractivity contribution is 6.05. The van der Waals surface area contributed by atoms with Crippen molar-refractivity contribution < 1.29 is 4.79 Å². The molecule has 5 heteroatoms. The van der Waals surface area contributed by atoms with Gasteiger partial charge in [-0.15, -0.1) is 0 Å². The van der Waals surface area contributed by atoms with E-state index in [0.29, 0.717) is 17.3 Å². The van der Waals surface area contributed by atoms with Crippen LogP contribution in [0.15, 0.2) is 18.2 Å². The number of H-pyrrole nitrogens is 1. The van der Waals surface area contributed by atoms with E-state index in [9.17, 15) is 4.79 Å². The Bertz CT molecular complexity index is 629. The first-order valence-corrected chi connectivity index (χ1v) is 6.58. The minimum atomic E-state index is -0.0451. The van der Waals surface area contributed by atoms with Gasteiger partial charge in [-0.2, -0.15) is 5.10 Å². The van der Waals surface area contributed by atoms with Crippen LogP contribution < -0.4 is 5.73 Å². The van der Waals surface area contributed by atoms with E-state index in [2.05, 4.69) is 17.1 Å². The molecular weight excluding hydrogens is 240 g/mol. The van der Waals surface area contributed by atoms with Crippen molar-refractivity contribution in [3.8, 4) is 0 Å². The van der Waals surface area contributed by atoms with Crippen LogP contribution in [0.4, 0.5) is 5.69 Å². The third-order valence-corrected chi connectivity index (χ3v) is 4.02. The van der Waals surface area contributed by atoms with Crippen LogP contribution in [0.25, 0.3) is 10.9 Å². The van der Waals surface area contributed by atoms with Crippen LogP contribution in [0.2, 0.25) is 0 Å². The highest BCUT2D eigenvalue weighted by Gasteiger charge is 2.33. The van der Waals surface area contributed by atoms with Crippen LogP contribution >= 0.6 is 0 Å². The number of nitrogens with zero attached hydrogens (tertiary/aromatic N) is 2. The maximum absolute atomic E-state index is 12.5. The molecule has 1 unspecified atom stereocenters. The number of nitrogen functional groups attached to an aromatic ring is 1. The summed E-state index contributed by atoms with van der Waals surface area (Å²) in [5.74, 6) is 0.598. The zero-order valence-corrected chi connectivity index (χ0v) is 11.2. The van der Waals surface area contributed by atoms with Gasteiger partial charge in [0.1, 0.15) is 0 Å². The summed E-state index contributed by atoms with van der Waals surface area (Å²) in [5.41, 5.74) is 7.71. The van der Waals surface area contributed by atoms with Gasteiger partial charge in [-0.05, 0) is 43.9 Å². The third kappa shape index (κ3) is 2.05. The first kappa shape index (κ1) is 12.0. The Kier molecular flexibility index (Phi) is 2.69. The summed E-state index contributed by atoms with van der Waals surface area (Å²) in [4.78, 5) is 14.3. The van der Waals surface area contributed by atoms with Gasteiger partial charge in [0.2, 0.25) is 0 Å². The molecule has 1 amide bonds. The molecule has 0 radical (unpaired) electrons. The lowest BCUT2D eigenvalue weighted by molar-refractivity contribution is 0.0723. The second-order valence-corrected chi connectivity index (χ2v) is 5.37. The molecule has 0 saturated heterocycles. The summed E-state index contributed by atoms with van der Waals surface area (Å²) in [6, 6.07) is 5.70. The highest BCUT2D eigenvalue weighted by atomic mass is 16.2.